The van der Waals surface area contributed by atoms with Crippen molar-refractivity contribution in [2.75, 3.05) is 58.3 Å². The van der Waals surface area contributed by atoms with Gasteiger partial charge in [-0.3, -0.25) is 14.6 Å². The molecule has 0 saturated carbocycles. The molecule has 1 aliphatic heterocycles. The molecule has 0 unspecified atom stereocenters. The van der Waals surface area contributed by atoms with Gasteiger partial charge in [-0.1, -0.05) is 25.1 Å². The first-order chi connectivity index (χ1) is 14.6. The van der Waals surface area contributed by atoms with Gasteiger partial charge in [0.1, 0.15) is 18.1 Å². The van der Waals surface area contributed by atoms with E-state index in [9.17, 15) is 4.79 Å². The molecule has 2 aromatic carbocycles. The van der Waals surface area contributed by atoms with Crippen LogP contribution in [0, 0.1) is 6.92 Å². The molecule has 6 nitrogen and oxygen atoms in total. The number of anilines is 1. The molecule has 0 aliphatic carbocycles. The minimum absolute atomic E-state index is 0.0651. The second-order valence-electron chi connectivity index (χ2n) is 7.65. The Morgan fingerprint density at radius 1 is 1.00 bits per heavy atom. The number of benzene rings is 2. The molecule has 1 saturated heterocycles. The summed E-state index contributed by atoms with van der Waals surface area (Å²) in [6, 6.07) is 13.8. The second-order valence-corrected chi connectivity index (χ2v) is 7.65. The number of carbonyl (C=O) groups excluding carboxylic acids is 1. The normalized spacial score (nSPS) is 15.0. The number of hydrogen-bond donors (Lipinski definition) is 1. The lowest BCUT2D eigenvalue weighted by Crippen LogP contribution is -2.49. The van der Waals surface area contributed by atoms with Crippen LogP contribution in [-0.4, -0.2) is 68.7 Å². The first-order valence-corrected chi connectivity index (χ1v) is 10.7. The standard InChI is InChI=1S/C24H33N3O3/c1-4-20-7-5-6-19(2)24(20)25-23(28)18-27-14-12-26(13-15-27)16-17-30-22-10-8-21(29-3)9-11-22/h5-11H,4,12-18H2,1-3H3,(H,25,28). The summed E-state index contributed by atoms with van der Waals surface area (Å²) in [7, 11) is 1.66. The lowest BCUT2D eigenvalue weighted by Gasteiger charge is -2.34. The molecule has 0 spiro atoms. The van der Waals surface area contributed by atoms with Crippen molar-refractivity contribution in [1.82, 2.24) is 9.80 Å². The third kappa shape index (κ3) is 6.21. The SMILES string of the molecule is CCc1cccc(C)c1NC(=O)CN1CCN(CCOc2ccc(OC)cc2)CC1. The predicted octanol–water partition coefficient (Wildman–Crippen LogP) is 3.20. The zero-order valence-corrected chi connectivity index (χ0v) is 18.3. The summed E-state index contributed by atoms with van der Waals surface area (Å²) in [5, 5.41) is 3.13. The maximum Gasteiger partial charge on any atom is 0.238 e. The molecule has 0 atom stereocenters. The van der Waals surface area contributed by atoms with Gasteiger partial charge in [-0.15, -0.1) is 0 Å². The minimum atomic E-state index is 0.0651. The van der Waals surface area contributed by atoms with Gasteiger partial charge in [-0.05, 0) is 48.7 Å². The Morgan fingerprint density at radius 3 is 2.33 bits per heavy atom. The first kappa shape index (κ1) is 22.1. The molecule has 0 aromatic heterocycles. The fourth-order valence-electron chi connectivity index (χ4n) is 3.72. The van der Waals surface area contributed by atoms with E-state index < -0.39 is 0 Å². The number of para-hydroxylation sites is 1. The average Bonchev–Trinajstić information content (AvgIpc) is 2.77. The second kappa shape index (κ2) is 11.0. The number of rotatable bonds is 9. The molecule has 162 valence electrons. The molecule has 30 heavy (non-hydrogen) atoms. The molecular formula is C24H33N3O3. The molecule has 1 fully saturated rings. The van der Waals surface area contributed by atoms with Gasteiger partial charge in [-0.25, -0.2) is 0 Å². The van der Waals surface area contributed by atoms with E-state index in [2.05, 4.69) is 28.1 Å². The van der Waals surface area contributed by atoms with Crippen molar-refractivity contribution in [2.45, 2.75) is 20.3 Å². The van der Waals surface area contributed by atoms with Crippen LogP contribution in [0.1, 0.15) is 18.1 Å². The molecule has 1 N–H and O–H groups in total. The van der Waals surface area contributed by atoms with Crippen LogP contribution < -0.4 is 14.8 Å². The van der Waals surface area contributed by atoms with Gasteiger partial charge in [0.05, 0.1) is 13.7 Å². The number of nitrogens with zero attached hydrogens (tertiary/aromatic N) is 2. The Labute approximate surface area is 179 Å². The first-order valence-electron chi connectivity index (χ1n) is 10.7. The maximum atomic E-state index is 12.6. The van der Waals surface area contributed by atoms with E-state index in [0.717, 1.165) is 61.9 Å². The fraction of sp³-hybridized carbons (Fsp3) is 0.458. The number of amides is 1. The van der Waals surface area contributed by atoms with Crippen LogP contribution in [0.15, 0.2) is 42.5 Å². The smallest absolute Gasteiger partial charge is 0.238 e. The van der Waals surface area contributed by atoms with Gasteiger partial charge >= 0.3 is 0 Å². The molecule has 3 rings (SSSR count). The van der Waals surface area contributed by atoms with Crippen LogP contribution in [0.5, 0.6) is 11.5 Å². The molecule has 0 bridgehead atoms. The molecule has 1 heterocycles. The van der Waals surface area contributed by atoms with Crippen molar-refractivity contribution >= 4 is 11.6 Å². The van der Waals surface area contributed by atoms with Crippen molar-refractivity contribution in [3.8, 4) is 11.5 Å². The zero-order chi connectivity index (χ0) is 21.3. The Bertz CT molecular complexity index is 815. The van der Waals surface area contributed by atoms with Crippen molar-refractivity contribution in [2.24, 2.45) is 0 Å². The number of carbonyl (C=O) groups is 1. The van der Waals surface area contributed by atoms with Gasteiger partial charge in [-0.2, -0.15) is 0 Å². The van der Waals surface area contributed by atoms with E-state index >= 15 is 0 Å². The summed E-state index contributed by atoms with van der Waals surface area (Å²) in [5.74, 6) is 1.75. The molecular weight excluding hydrogens is 378 g/mol. The topological polar surface area (TPSA) is 54.0 Å². The van der Waals surface area contributed by atoms with Gasteiger partial charge in [0.2, 0.25) is 5.91 Å². The van der Waals surface area contributed by atoms with Crippen molar-refractivity contribution in [1.29, 1.82) is 0 Å². The lowest BCUT2D eigenvalue weighted by atomic mass is 10.1. The average molecular weight is 412 g/mol. The molecule has 1 amide bonds. The van der Waals surface area contributed by atoms with E-state index in [1.54, 1.807) is 7.11 Å². The number of ether oxygens (including phenoxy) is 2. The van der Waals surface area contributed by atoms with Gasteiger partial charge in [0, 0.05) is 38.4 Å². The minimum Gasteiger partial charge on any atom is -0.497 e. The van der Waals surface area contributed by atoms with E-state index in [1.807, 2.05) is 43.3 Å². The molecule has 6 heteroatoms. The number of nitrogens with one attached hydrogen (secondary N) is 1. The third-order valence-electron chi connectivity index (χ3n) is 5.57. The van der Waals surface area contributed by atoms with E-state index in [1.165, 1.54) is 5.56 Å². The highest BCUT2D eigenvalue weighted by molar-refractivity contribution is 5.93. The van der Waals surface area contributed by atoms with Crippen molar-refractivity contribution in [3.05, 3.63) is 53.6 Å². The van der Waals surface area contributed by atoms with Crippen LogP contribution >= 0.6 is 0 Å². The maximum absolute atomic E-state index is 12.6. The number of methoxy groups -OCH3 is 1. The molecule has 1 aliphatic rings. The molecule has 0 radical (unpaired) electrons. The van der Waals surface area contributed by atoms with Crippen LogP contribution in [-0.2, 0) is 11.2 Å². The summed E-state index contributed by atoms with van der Waals surface area (Å²) in [6.45, 7) is 9.81. The summed E-state index contributed by atoms with van der Waals surface area (Å²) in [5.41, 5.74) is 3.27. The Hall–Kier alpha value is -2.57. The van der Waals surface area contributed by atoms with Gasteiger partial charge < -0.3 is 14.8 Å². The lowest BCUT2D eigenvalue weighted by molar-refractivity contribution is -0.117. The molecule has 2 aromatic rings. The van der Waals surface area contributed by atoms with Gasteiger partial charge in [0.25, 0.3) is 0 Å². The summed E-state index contributed by atoms with van der Waals surface area (Å²) < 4.78 is 11.0. The highest BCUT2D eigenvalue weighted by atomic mass is 16.5. The largest absolute Gasteiger partial charge is 0.497 e. The van der Waals surface area contributed by atoms with E-state index in [-0.39, 0.29) is 5.91 Å². The van der Waals surface area contributed by atoms with Gasteiger partial charge in [0.15, 0.2) is 0 Å². The highest BCUT2D eigenvalue weighted by Crippen LogP contribution is 2.21. The van der Waals surface area contributed by atoms with Crippen molar-refractivity contribution < 1.29 is 14.3 Å². The van der Waals surface area contributed by atoms with E-state index in [0.29, 0.717) is 13.2 Å². The third-order valence-corrected chi connectivity index (χ3v) is 5.57. The predicted molar refractivity (Wildman–Crippen MR) is 121 cm³/mol. The monoisotopic (exact) mass is 411 g/mol. The Kier molecular flexibility index (Phi) is 8.11. The number of aryl methyl sites for hydroxylation is 2. The van der Waals surface area contributed by atoms with Crippen LogP contribution in [0.3, 0.4) is 0 Å². The Balaban J connectivity index is 1.37. The zero-order valence-electron chi connectivity index (χ0n) is 18.3. The van der Waals surface area contributed by atoms with Crippen LogP contribution in [0.4, 0.5) is 5.69 Å². The van der Waals surface area contributed by atoms with E-state index in [4.69, 9.17) is 9.47 Å². The summed E-state index contributed by atoms with van der Waals surface area (Å²) >= 11 is 0. The van der Waals surface area contributed by atoms with Crippen molar-refractivity contribution in [3.63, 3.8) is 0 Å². The quantitative estimate of drug-likeness (QED) is 0.687. The van der Waals surface area contributed by atoms with Crippen LogP contribution in [0.2, 0.25) is 0 Å². The summed E-state index contributed by atoms with van der Waals surface area (Å²) in [4.78, 5) is 17.2. The fourth-order valence-corrected chi connectivity index (χ4v) is 3.72. The highest BCUT2D eigenvalue weighted by Gasteiger charge is 2.19. The summed E-state index contributed by atoms with van der Waals surface area (Å²) in [6.07, 6.45) is 0.911. The number of hydrogen-bond acceptors (Lipinski definition) is 5. The number of piperazine rings is 1. The Morgan fingerprint density at radius 2 is 1.67 bits per heavy atom. The van der Waals surface area contributed by atoms with Crippen LogP contribution in [0.25, 0.3) is 0 Å².